The van der Waals surface area contributed by atoms with Crippen LogP contribution in [0.3, 0.4) is 0 Å². The number of ether oxygens (including phenoxy) is 1. The minimum absolute atomic E-state index is 0.258. The average molecular weight is 299 g/mol. The Labute approximate surface area is 107 Å². The Morgan fingerprint density at radius 3 is 2.76 bits per heavy atom. The number of hydrogen-bond acceptors (Lipinski definition) is 2. The molecule has 1 aromatic carbocycles. The standard InChI is InChI=1S/C12H12BrFN2O/c1-16-7-15-10(12(16)13)6-8-3-4-11(17-2)9(14)5-8/h3-5,7H,6H2,1-2H3. The summed E-state index contributed by atoms with van der Waals surface area (Å²) in [5, 5.41) is 0. The minimum Gasteiger partial charge on any atom is -0.494 e. The van der Waals surface area contributed by atoms with Crippen molar-refractivity contribution >= 4 is 15.9 Å². The van der Waals surface area contributed by atoms with Gasteiger partial charge in [-0.25, -0.2) is 9.37 Å². The molecule has 0 spiro atoms. The Hall–Kier alpha value is -1.36. The molecule has 0 saturated heterocycles. The van der Waals surface area contributed by atoms with E-state index in [1.54, 1.807) is 12.4 Å². The second-order valence-electron chi connectivity index (χ2n) is 3.74. The SMILES string of the molecule is COc1ccc(Cc2ncn(C)c2Br)cc1F. The van der Waals surface area contributed by atoms with Gasteiger partial charge in [-0.05, 0) is 33.6 Å². The second-order valence-corrected chi connectivity index (χ2v) is 4.49. The Morgan fingerprint density at radius 2 is 2.24 bits per heavy atom. The van der Waals surface area contributed by atoms with Crippen LogP contribution in [0.25, 0.3) is 0 Å². The first-order valence-electron chi connectivity index (χ1n) is 5.10. The Morgan fingerprint density at radius 1 is 1.47 bits per heavy atom. The summed E-state index contributed by atoms with van der Waals surface area (Å²) in [6, 6.07) is 4.94. The van der Waals surface area contributed by atoms with Gasteiger partial charge in [0.15, 0.2) is 11.6 Å². The Bertz CT molecular complexity index is 539. The van der Waals surface area contributed by atoms with E-state index in [4.69, 9.17) is 4.74 Å². The van der Waals surface area contributed by atoms with Crippen LogP contribution in [0, 0.1) is 5.82 Å². The molecule has 17 heavy (non-hydrogen) atoms. The first-order valence-corrected chi connectivity index (χ1v) is 5.89. The van der Waals surface area contributed by atoms with Gasteiger partial charge in [0.05, 0.1) is 19.1 Å². The molecule has 90 valence electrons. The average Bonchev–Trinajstić information content (AvgIpc) is 2.61. The van der Waals surface area contributed by atoms with Gasteiger partial charge in [0.2, 0.25) is 0 Å². The summed E-state index contributed by atoms with van der Waals surface area (Å²) in [4.78, 5) is 4.25. The Kier molecular flexibility index (Phi) is 3.47. The second kappa shape index (κ2) is 4.87. The highest BCUT2D eigenvalue weighted by molar-refractivity contribution is 9.10. The van der Waals surface area contributed by atoms with E-state index >= 15 is 0 Å². The molecule has 0 N–H and O–H groups in total. The van der Waals surface area contributed by atoms with Crippen LogP contribution in [0.15, 0.2) is 29.1 Å². The number of halogens is 2. The van der Waals surface area contributed by atoms with Crippen LogP contribution in [0.2, 0.25) is 0 Å². The normalized spacial score (nSPS) is 10.6. The summed E-state index contributed by atoms with van der Waals surface area (Å²) in [5.41, 5.74) is 1.75. The van der Waals surface area contributed by atoms with Crippen LogP contribution in [0.1, 0.15) is 11.3 Å². The first kappa shape index (κ1) is 12.1. The van der Waals surface area contributed by atoms with Gasteiger partial charge in [-0.15, -0.1) is 0 Å². The molecule has 5 heteroatoms. The van der Waals surface area contributed by atoms with Gasteiger partial charge in [0.1, 0.15) is 4.60 Å². The molecule has 0 radical (unpaired) electrons. The quantitative estimate of drug-likeness (QED) is 0.871. The molecule has 2 aromatic rings. The lowest BCUT2D eigenvalue weighted by Gasteiger charge is -2.04. The summed E-state index contributed by atoms with van der Waals surface area (Å²) < 4.78 is 21.2. The number of hydrogen-bond donors (Lipinski definition) is 0. The van der Waals surface area contributed by atoms with Crippen molar-refractivity contribution in [3.05, 3.63) is 46.2 Å². The first-order chi connectivity index (χ1) is 8.11. The monoisotopic (exact) mass is 298 g/mol. The van der Waals surface area contributed by atoms with Crippen LogP contribution in [-0.4, -0.2) is 16.7 Å². The number of imidazole rings is 1. The number of benzene rings is 1. The number of rotatable bonds is 3. The van der Waals surface area contributed by atoms with Crippen molar-refractivity contribution in [3.63, 3.8) is 0 Å². The van der Waals surface area contributed by atoms with Gasteiger partial charge < -0.3 is 9.30 Å². The molecule has 0 atom stereocenters. The highest BCUT2D eigenvalue weighted by Gasteiger charge is 2.09. The lowest BCUT2D eigenvalue weighted by molar-refractivity contribution is 0.386. The molecule has 0 amide bonds. The van der Waals surface area contributed by atoms with Crippen LogP contribution in [0.5, 0.6) is 5.75 Å². The molecule has 0 saturated carbocycles. The van der Waals surface area contributed by atoms with Crippen LogP contribution < -0.4 is 4.74 Å². The summed E-state index contributed by atoms with van der Waals surface area (Å²) >= 11 is 3.44. The maximum absolute atomic E-state index is 13.5. The van der Waals surface area contributed by atoms with Gasteiger partial charge in [0, 0.05) is 13.5 Å². The van der Waals surface area contributed by atoms with Crippen molar-refractivity contribution < 1.29 is 9.13 Å². The van der Waals surface area contributed by atoms with E-state index in [0.717, 1.165) is 15.9 Å². The van der Waals surface area contributed by atoms with Gasteiger partial charge in [-0.1, -0.05) is 6.07 Å². The minimum atomic E-state index is -0.350. The molecule has 0 aliphatic heterocycles. The zero-order valence-corrected chi connectivity index (χ0v) is 11.2. The fourth-order valence-electron chi connectivity index (χ4n) is 1.60. The zero-order chi connectivity index (χ0) is 12.4. The van der Waals surface area contributed by atoms with Gasteiger partial charge >= 0.3 is 0 Å². The van der Waals surface area contributed by atoms with E-state index in [1.807, 2.05) is 17.7 Å². The maximum atomic E-state index is 13.5. The fourth-order valence-corrected chi connectivity index (χ4v) is 1.93. The third kappa shape index (κ3) is 2.49. The molecule has 0 fully saturated rings. The van der Waals surface area contributed by atoms with Crippen molar-refractivity contribution in [3.8, 4) is 5.75 Å². The molecule has 0 bridgehead atoms. The molecule has 0 aliphatic rings. The lowest BCUT2D eigenvalue weighted by atomic mass is 10.1. The Balaban J connectivity index is 2.25. The van der Waals surface area contributed by atoms with Crippen LogP contribution in [-0.2, 0) is 13.5 Å². The predicted molar refractivity (Wildman–Crippen MR) is 66.7 cm³/mol. The van der Waals surface area contributed by atoms with E-state index in [0.29, 0.717) is 6.42 Å². The maximum Gasteiger partial charge on any atom is 0.165 e. The molecular formula is C12H12BrFN2O. The van der Waals surface area contributed by atoms with Crippen molar-refractivity contribution in [2.75, 3.05) is 7.11 Å². The molecule has 0 unspecified atom stereocenters. The zero-order valence-electron chi connectivity index (χ0n) is 9.58. The van der Waals surface area contributed by atoms with E-state index in [-0.39, 0.29) is 11.6 Å². The number of nitrogens with zero attached hydrogens (tertiary/aromatic N) is 2. The molecule has 0 aliphatic carbocycles. The van der Waals surface area contributed by atoms with E-state index < -0.39 is 0 Å². The van der Waals surface area contributed by atoms with Crippen molar-refractivity contribution in [2.24, 2.45) is 7.05 Å². The molecular weight excluding hydrogens is 287 g/mol. The van der Waals surface area contributed by atoms with Crippen molar-refractivity contribution in [2.45, 2.75) is 6.42 Å². The van der Waals surface area contributed by atoms with E-state index in [2.05, 4.69) is 20.9 Å². The smallest absolute Gasteiger partial charge is 0.165 e. The van der Waals surface area contributed by atoms with Gasteiger partial charge in [-0.3, -0.25) is 0 Å². The van der Waals surface area contributed by atoms with Crippen LogP contribution in [0.4, 0.5) is 4.39 Å². The van der Waals surface area contributed by atoms with Crippen molar-refractivity contribution in [1.29, 1.82) is 0 Å². The molecule has 1 heterocycles. The number of aryl methyl sites for hydroxylation is 1. The summed E-state index contributed by atoms with van der Waals surface area (Å²) in [7, 11) is 3.35. The number of aromatic nitrogens is 2. The van der Waals surface area contributed by atoms with Gasteiger partial charge in [-0.2, -0.15) is 0 Å². The third-order valence-electron chi connectivity index (χ3n) is 2.52. The van der Waals surface area contributed by atoms with Crippen LogP contribution >= 0.6 is 15.9 Å². The summed E-state index contributed by atoms with van der Waals surface area (Å²) in [6.07, 6.45) is 2.31. The topological polar surface area (TPSA) is 27.1 Å². The third-order valence-corrected chi connectivity index (χ3v) is 3.54. The lowest BCUT2D eigenvalue weighted by Crippen LogP contribution is -1.94. The summed E-state index contributed by atoms with van der Waals surface area (Å²) in [5.74, 6) is -0.0918. The van der Waals surface area contributed by atoms with E-state index in [9.17, 15) is 4.39 Å². The molecule has 1 aromatic heterocycles. The predicted octanol–water partition coefficient (Wildman–Crippen LogP) is 2.92. The van der Waals surface area contributed by atoms with E-state index in [1.165, 1.54) is 13.2 Å². The number of methoxy groups -OCH3 is 1. The molecule has 2 rings (SSSR count). The largest absolute Gasteiger partial charge is 0.494 e. The summed E-state index contributed by atoms with van der Waals surface area (Å²) in [6.45, 7) is 0. The van der Waals surface area contributed by atoms with Gasteiger partial charge in [0.25, 0.3) is 0 Å². The molecule has 3 nitrogen and oxygen atoms in total. The van der Waals surface area contributed by atoms with Crippen molar-refractivity contribution in [1.82, 2.24) is 9.55 Å². The fraction of sp³-hybridized carbons (Fsp3) is 0.250. The highest BCUT2D eigenvalue weighted by atomic mass is 79.9. The highest BCUT2D eigenvalue weighted by Crippen LogP contribution is 2.22.